The van der Waals surface area contributed by atoms with Gasteiger partial charge in [0.05, 0.1) is 12.2 Å². The van der Waals surface area contributed by atoms with Gasteiger partial charge in [-0.2, -0.15) is 0 Å². The summed E-state index contributed by atoms with van der Waals surface area (Å²) in [6, 6.07) is 15.4. The molecule has 1 aliphatic carbocycles. The van der Waals surface area contributed by atoms with Gasteiger partial charge in [0.15, 0.2) is 0 Å². The Hall–Kier alpha value is -1.62. The Bertz CT molecular complexity index is 821. The predicted octanol–water partition coefficient (Wildman–Crippen LogP) is 5.29. The largest absolute Gasteiger partial charge is 0.461 e. The first kappa shape index (κ1) is 22.1. The van der Waals surface area contributed by atoms with Crippen LogP contribution >= 0.6 is 12.4 Å². The third-order valence-corrected chi connectivity index (χ3v) is 6.29. The summed E-state index contributed by atoms with van der Waals surface area (Å²) >= 11 is 0. The topological polar surface area (TPSA) is 38.8 Å². The summed E-state index contributed by atoms with van der Waals surface area (Å²) in [6.07, 6.45) is 6.01. The Labute approximate surface area is 180 Å². The number of likely N-dealkylation sites (tertiary alicyclic amines) is 1. The molecule has 1 saturated heterocycles. The fourth-order valence-corrected chi connectivity index (χ4v) is 4.98. The first-order valence-corrected chi connectivity index (χ1v) is 10.7. The normalized spacial score (nSPS) is 26.1. The van der Waals surface area contributed by atoms with Crippen LogP contribution in [0.4, 0.5) is 0 Å². The number of esters is 1. The molecular formula is C24H32ClNO3. The highest BCUT2D eigenvalue weighted by Gasteiger charge is 2.37. The van der Waals surface area contributed by atoms with Crippen LogP contribution < -0.4 is 0 Å². The van der Waals surface area contributed by atoms with E-state index in [1.54, 1.807) is 0 Å². The van der Waals surface area contributed by atoms with Crippen molar-refractivity contribution in [1.29, 1.82) is 0 Å². The van der Waals surface area contributed by atoms with Gasteiger partial charge in [-0.1, -0.05) is 55.3 Å². The monoisotopic (exact) mass is 417 g/mol. The zero-order valence-electron chi connectivity index (χ0n) is 17.4. The summed E-state index contributed by atoms with van der Waals surface area (Å²) in [5.41, 5.74) is 1.27. The summed E-state index contributed by atoms with van der Waals surface area (Å²) in [4.78, 5) is 13.8. The van der Waals surface area contributed by atoms with Gasteiger partial charge in [-0.05, 0) is 42.5 Å². The number of hydrogen-bond acceptors (Lipinski definition) is 4. The molecule has 0 amide bonds. The molecule has 0 spiro atoms. The minimum absolute atomic E-state index is 0. The highest BCUT2D eigenvalue weighted by molar-refractivity contribution is 5.86. The van der Waals surface area contributed by atoms with Crippen LogP contribution in [0, 0.1) is 0 Å². The van der Waals surface area contributed by atoms with E-state index >= 15 is 0 Å². The molecule has 1 heterocycles. The van der Waals surface area contributed by atoms with Gasteiger partial charge in [0, 0.05) is 26.1 Å². The SMILES string of the molecule is CC(=O)OC1CCN(C2CCCCC2OC(C)c2cccc3ccccc23)C1.Cl. The fraction of sp³-hybridized carbons (Fsp3) is 0.542. The molecule has 29 heavy (non-hydrogen) atoms. The molecule has 4 rings (SSSR count). The van der Waals surface area contributed by atoms with Crippen molar-refractivity contribution in [1.82, 2.24) is 4.90 Å². The Balaban J connectivity index is 0.00000240. The Kier molecular flexibility index (Phi) is 7.55. The van der Waals surface area contributed by atoms with Crippen molar-refractivity contribution < 1.29 is 14.3 Å². The van der Waals surface area contributed by atoms with Gasteiger partial charge in [0.25, 0.3) is 0 Å². The van der Waals surface area contributed by atoms with Crippen LogP contribution in [0.2, 0.25) is 0 Å². The van der Waals surface area contributed by atoms with E-state index < -0.39 is 0 Å². The highest BCUT2D eigenvalue weighted by atomic mass is 35.5. The molecule has 4 nitrogen and oxygen atoms in total. The molecule has 1 saturated carbocycles. The van der Waals surface area contributed by atoms with E-state index in [9.17, 15) is 4.79 Å². The third kappa shape index (κ3) is 5.11. The first-order valence-electron chi connectivity index (χ1n) is 10.7. The minimum Gasteiger partial charge on any atom is -0.461 e. The molecule has 4 unspecified atom stereocenters. The maximum absolute atomic E-state index is 11.3. The second-order valence-corrected chi connectivity index (χ2v) is 8.25. The molecule has 0 radical (unpaired) electrons. The van der Waals surface area contributed by atoms with Gasteiger partial charge in [-0.25, -0.2) is 0 Å². The molecule has 0 aromatic heterocycles. The van der Waals surface area contributed by atoms with Crippen LogP contribution in [0.3, 0.4) is 0 Å². The van der Waals surface area contributed by atoms with Crippen LogP contribution in [0.25, 0.3) is 10.8 Å². The first-order chi connectivity index (χ1) is 13.6. The van der Waals surface area contributed by atoms with E-state index in [0.29, 0.717) is 6.04 Å². The van der Waals surface area contributed by atoms with Crippen molar-refractivity contribution >= 4 is 29.1 Å². The molecule has 0 bridgehead atoms. The van der Waals surface area contributed by atoms with Crippen molar-refractivity contribution in [2.24, 2.45) is 0 Å². The number of carbonyl (C=O) groups excluding carboxylic acids is 1. The second kappa shape index (κ2) is 9.92. The minimum atomic E-state index is -0.173. The number of halogens is 1. The summed E-state index contributed by atoms with van der Waals surface area (Å²) in [6.45, 7) is 5.51. The van der Waals surface area contributed by atoms with Crippen molar-refractivity contribution in [3.63, 3.8) is 0 Å². The summed E-state index contributed by atoms with van der Waals surface area (Å²) in [5.74, 6) is -0.173. The molecule has 4 atom stereocenters. The van der Waals surface area contributed by atoms with Crippen molar-refractivity contribution in [2.75, 3.05) is 13.1 Å². The zero-order chi connectivity index (χ0) is 19.5. The smallest absolute Gasteiger partial charge is 0.302 e. The van der Waals surface area contributed by atoms with Gasteiger partial charge in [0.1, 0.15) is 6.10 Å². The molecule has 2 aliphatic rings. The van der Waals surface area contributed by atoms with E-state index in [0.717, 1.165) is 25.9 Å². The Morgan fingerprint density at radius 2 is 1.83 bits per heavy atom. The Morgan fingerprint density at radius 3 is 2.66 bits per heavy atom. The number of fused-ring (bicyclic) bond motifs is 1. The van der Waals surface area contributed by atoms with Gasteiger partial charge in [0.2, 0.25) is 0 Å². The molecular weight excluding hydrogens is 386 g/mol. The molecule has 2 fully saturated rings. The van der Waals surface area contributed by atoms with E-state index in [2.05, 4.69) is 54.3 Å². The van der Waals surface area contributed by atoms with Gasteiger partial charge in [-0.15, -0.1) is 12.4 Å². The molecule has 1 aliphatic heterocycles. The van der Waals surface area contributed by atoms with Gasteiger partial charge >= 0.3 is 5.97 Å². The van der Waals surface area contributed by atoms with E-state index in [1.807, 2.05) is 0 Å². The Morgan fingerprint density at radius 1 is 1.07 bits per heavy atom. The van der Waals surface area contributed by atoms with E-state index in [4.69, 9.17) is 9.47 Å². The number of rotatable bonds is 5. The van der Waals surface area contributed by atoms with E-state index in [-0.39, 0.29) is 36.7 Å². The van der Waals surface area contributed by atoms with Crippen molar-refractivity contribution in [3.05, 3.63) is 48.0 Å². The highest BCUT2D eigenvalue weighted by Crippen LogP contribution is 2.34. The number of hydrogen-bond donors (Lipinski definition) is 0. The lowest BCUT2D eigenvalue weighted by atomic mass is 9.91. The third-order valence-electron chi connectivity index (χ3n) is 6.29. The molecule has 5 heteroatoms. The maximum Gasteiger partial charge on any atom is 0.302 e. The molecule has 0 N–H and O–H groups in total. The average molecular weight is 418 g/mol. The lowest BCUT2D eigenvalue weighted by Gasteiger charge is -2.39. The van der Waals surface area contributed by atoms with Crippen LogP contribution in [0.15, 0.2) is 42.5 Å². The molecule has 158 valence electrons. The lowest BCUT2D eigenvalue weighted by molar-refractivity contribution is -0.146. The predicted molar refractivity (Wildman–Crippen MR) is 118 cm³/mol. The number of carbonyl (C=O) groups is 1. The van der Waals surface area contributed by atoms with E-state index in [1.165, 1.54) is 42.5 Å². The van der Waals surface area contributed by atoms with Crippen molar-refractivity contribution in [3.8, 4) is 0 Å². The van der Waals surface area contributed by atoms with Crippen molar-refractivity contribution in [2.45, 2.75) is 70.3 Å². The standard InChI is InChI=1S/C24H31NO3.ClH/c1-17(21-11-7-9-19-8-3-4-10-22(19)21)27-24-13-6-5-12-23(24)25-15-14-20(16-25)28-18(2)26;/h3-4,7-11,17,20,23-24H,5-6,12-16H2,1-2H3;1H. The number of nitrogens with zero attached hydrogens (tertiary/aromatic N) is 1. The van der Waals surface area contributed by atoms with Gasteiger partial charge < -0.3 is 9.47 Å². The summed E-state index contributed by atoms with van der Waals surface area (Å²) in [5, 5.41) is 2.54. The average Bonchev–Trinajstić information content (AvgIpc) is 3.15. The zero-order valence-corrected chi connectivity index (χ0v) is 18.2. The van der Waals surface area contributed by atoms with Crippen LogP contribution in [0.1, 0.15) is 57.6 Å². The quantitative estimate of drug-likeness (QED) is 0.620. The maximum atomic E-state index is 11.3. The van der Waals surface area contributed by atoms with Gasteiger partial charge in [-0.3, -0.25) is 9.69 Å². The molecule has 2 aromatic rings. The molecule has 2 aromatic carbocycles. The van der Waals surface area contributed by atoms with Crippen LogP contribution in [-0.2, 0) is 14.3 Å². The lowest BCUT2D eigenvalue weighted by Crippen LogP contribution is -2.46. The van der Waals surface area contributed by atoms with Crippen LogP contribution in [-0.4, -0.2) is 42.2 Å². The number of benzene rings is 2. The van der Waals surface area contributed by atoms with Crippen LogP contribution in [0.5, 0.6) is 0 Å². The fourth-order valence-electron chi connectivity index (χ4n) is 4.98. The summed E-state index contributed by atoms with van der Waals surface area (Å²) < 4.78 is 12.1. The summed E-state index contributed by atoms with van der Waals surface area (Å²) in [7, 11) is 0. The second-order valence-electron chi connectivity index (χ2n) is 8.25. The number of ether oxygens (including phenoxy) is 2.